The highest BCUT2D eigenvalue weighted by Crippen LogP contribution is 2.30. The summed E-state index contributed by atoms with van der Waals surface area (Å²) in [6, 6.07) is 6.49. The van der Waals surface area contributed by atoms with Crippen LogP contribution in [-0.4, -0.2) is 63.6 Å². The number of ether oxygens (including phenoxy) is 1. The van der Waals surface area contributed by atoms with E-state index in [2.05, 4.69) is 29.5 Å². The number of amides is 1. The standard InChI is InChI=1S/C27H32N6O2/c1-17-4-5-21(23-14-29-26(12-22(17)23)19-13-30-32(3)15-19)27(28)24-16-33(18(2)34)9-6-25(24)31-20-7-10-35-11-8-20/h4-5,12-15,20,28,31H,6-11,16H2,1-3H3. The molecule has 0 spiro atoms. The summed E-state index contributed by atoms with van der Waals surface area (Å²) < 4.78 is 7.29. The first-order valence-corrected chi connectivity index (χ1v) is 12.2. The predicted octanol–water partition coefficient (Wildman–Crippen LogP) is 3.59. The number of nitrogens with zero attached hydrogens (tertiary/aromatic N) is 4. The monoisotopic (exact) mass is 472 g/mol. The summed E-state index contributed by atoms with van der Waals surface area (Å²) in [7, 11) is 1.89. The van der Waals surface area contributed by atoms with Gasteiger partial charge >= 0.3 is 0 Å². The molecule has 8 nitrogen and oxygen atoms in total. The van der Waals surface area contributed by atoms with Crippen LogP contribution in [0.15, 0.2) is 48.1 Å². The lowest BCUT2D eigenvalue weighted by Crippen LogP contribution is -2.43. The molecule has 35 heavy (non-hydrogen) atoms. The summed E-state index contributed by atoms with van der Waals surface area (Å²) in [5.74, 6) is 0.0389. The molecule has 2 aromatic heterocycles. The van der Waals surface area contributed by atoms with Gasteiger partial charge in [0.2, 0.25) is 5.91 Å². The van der Waals surface area contributed by atoms with Gasteiger partial charge < -0.3 is 15.0 Å². The number of pyridine rings is 1. The Morgan fingerprint density at radius 1 is 1.20 bits per heavy atom. The van der Waals surface area contributed by atoms with Gasteiger partial charge in [-0.2, -0.15) is 5.10 Å². The lowest BCUT2D eigenvalue weighted by atomic mass is 9.91. The summed E-state index contributed by atoms with van der Waals surface area (Å²) in [6.45, 7) is 6.30. The zero-order valence-electron chi connectivity index (χ0n) is 20.6. The van der Waals surface area contributed by atoms with Crippen molar-refractivity contribution in [2.24, 2.45) is 7.05 Å². The van der Waals surface area contributed by atoms with Crippen LogP contribution < -0.4 is 5.32 Å². The Morgan fingerprint density at radius 2 is 2.00 bits per heavy atom. The van der Waals surface area contributed by atoms with Gasteiger partial charge in [0.25, 0.3) is 0 Å². The number of rotatable bonds is 5. The van der Waals surface area contributed by atoms with Crippen molar-refractivity contribution in [3.05, 3.63) is 59.2 Å². The number of benzene rings is 1. The van der Waals surface area contributed by atoms with E-state index in [9.17, 15) is 10.2 Å². The molecular formula is C27H32N6O2. The number of carbonyl (C=O) groups is 1. The van der Waals surface area contributed by atoms with E-state index < -0.39 is 0 Å². The lowest BCUT2D eigenvalue weighted by Gasteiger charge is -2.34. The zero-order valence-corrected chi connectivity index (χ0v) is 20.6. The van der Waals surface area contributed by atoms with Crippen molar-refractivity contribution in [1.29, 1.82) is 5.41 Å². The average Bonchev–Trinajstić information content (AvgIpc) is 3.31. The van der Waals surface area contributed by atoms with E-state index in [1.54, 1.807) is 11.6 Å². The summed E-state index contributed by atoms with van der Waals surface area (Å²) in [6.07, 6.45) is 8.26. The van der Waals surface area contributed by atoms with Gasteiger partial charge in [-0.05, 0) is 36.8 Å². The number of aromatic nitrogens is 3. The van der Waals surface area contributed by atoms with Gasteiger partial charge in [0.1, 0.15) is 0 Å². The maximum Gasteiger partial charge on any atom is 0.219 e. The van der Waals surface area contributed by atoms with Gasteiger partial charge in [0, 0.05) is 92.9 Å². The first-order chi connectivity index (χ1) is 16.9. The number of carbonyl (C=O) groups excluding carboxylic acids is 1. The van der Waals surface area contributed by atoms with Crippen molar-refractivity contribution in [3.8, 4) is 11.3 Å². The molecule has 2 N–H and O–H groups in total. The quantitative estimate of drug-likeness (QED) is 0.554. The van der Waals surface area contributed by atoms with Gasteiger partial charge in [-0.1, -0.05) is 12.1 Å². The van der Waals surface area contributed by atoms with Gasteiger partial charge in [0.05, 0.1) is 17.6 Å². The molecule has 4 heterocycles. The fourth-order valence-electron chi connectivity index (χ4n) is 4.99. The smallest absolute Gasteiger partial charge is 0.219 e. The molecule has 1 fully saturated rings. The van der Waals surface area contributed by atoms with Gasteiger partial charge in [0.15, 0.2) is 0 Å². The van der Waals surface area contributed by atoms with E-state index in [1.165, 1.54) is 0 Å². The molecule has 1 saturated heterocycles. The summed E-state index contributed by atoms with van der Waals surface area (Å²) in [5, 5.41) is 19.3. The number of nitrogens with one attached hydrogen (secondary N) is 2. The van der Waals surface area contributed by atoms with Crippen LogP contribution in [0.25, 0.3) is 22.0 Å². The molecule has 5 rings (SSSR count). The number of hydrogen-bond acceptors (Lipinski definition) is 6. The Balaban J connectivity index is 1.55. The Labute approximate surface area is 205 Å². The summed E-state index contributed by atoms with van der Waals surface area (Å²) in [4.78, 5) is 18.8. The maximum absolute atomic E-state index is 12.2. The van der Waals surface area contributed by atoms with Crippen LogP contribution >= 0.6 is 0 Å². The molecule has 0 atom stereocenters. The topological polar surface area (TPSA) is 96.1 Å². The molecule has 1 amide bonds. The zero-order chi connectivity index (χ0) is 24.5. The summed E-state index contributed by atoms with van der Waals surface area (Å²) in [5.41, 5.74) is 6.21. The van der Waals surface area contributed by atoms with Crippen molar-refractivity contribution < 1.29 is 9.53 Å². The molecule has 8 heteroatoms. The maximum atomic E-state index is 12.2. The average molecular weight is 473 g/mol. The van der Waals surface area contributed by atoms with Crippen LogP contribution in [0.3, 0.4) is 0 Å². The molecule has 0 aliphatic carbocycles. The van der Waals surface area contributed by atoms with Gasteiger partial charge in [-0.15, -0.1) is 0 Å². The van der Waals surface area contributed by atoms with Crippen molar-refractivity contribution in [2.75, 3.05) is 26.3 Å². The second-order valence-corrected chi connectivity index (χ2v) is 9.50. The number of hydrogen-bond donors (Lipinski definition) is 2. The third-order valence-electron chi connectivity index (χ3n) is 7.08. The van der Waals surface area contributed by atoms with E-state index in [0.717, 1.165) is 76.9 Å². The van der Waals surface area contributed by atoms with E-state index in [4.69, 9.17) is 9.72 Å². The first kappa shape index (κ1) is 23.2. The van der Waals surface area contributed by atoms with Crippen LogP contribution in [0.2, 0.25) is 0 Å². The Morgan fingerprint density at radius 3 is 2.71 bits per heavy atom. The largest absolute Gasteiger partial charge is 0.385 e. The molecule has 0 bridgehead atoms. The summed E-state index contributed by atoms with van der Waals surface area (Å²) >= 11 is 0. The molecule has 182 valence electrons. The molecule has 2 aliphatic rings. The van der Waals surface area contributed by atoms with E-state index >= 15 is 0 Å². The molecule has 0 radical (unpaired) electrons. The molecule has 2 aliphatic heterocycles. The highest BCUT2D eigenvalue weighted by Gasteiger charge is 2.27. The Hall–Kier alpha value is -3.52. The first-order valence-electron chi connectivity index (χ1n) is 12.2. The normalized spacial score (nSPS) is 17.2. The number of aryl methyl sites for hydroxylation is 2. The third kappa shape index (κ3) is 4.71. The van der Waals surface area contributed by atoms with Crippen LogP contribution in [0, 0.1) is 12.3 Å². The van der Waals surface area contributed by atoms with Gasteiger partial charge in [-0.3, -0.25) is 19.9 Å². The van der Waals surface area contributed by atoms with Crippen LogP contribution in [-0.2, 0) is 16.6 Å². The van der Waals surface area contributed by atoms with E-state index in [0.29, 0.717) is 24.8 Å². The second-order valence-electron chi connectivity index (χ2n) is 9.50. The van der Waals surface area contributed by atoms with Crippen LogP contribution in [0.1, 0.15) is 37.3 Å². The minimum absolute atomic E-state index is 0.0389. The van der Waals surface area contributed by atoms with E-state index in [-0.39, 0.29) is 5.91 Å². The fraction of sp³-hybridized carbons (Fsp3) is 0.407. The SMILES string of the molecule is CC(=O)N1CCC(NC2CCOCC2)=C(C(=N)c2ccc(C)c3cc(-c4cnn(C)c4)ncc23)C1. The van der Waals surface area contributed by atoms with E-state index in [1.807, 2.05) is 36.6 Å². The second kappa shape index (κ2) is 9.62. The van der Waals surface area contributed by atoms with Gasteiger partial charge in [-0.25, -0.2) is 0 Å². The van der Waals surface area contributed by atoms with Crippen molar-refractivity contribution in [1.82, 2.24) is 25.0 Å². The molecule has 1 aromatic carbocycles. The Bertz CT molecular complexity index is 1320. The molecule has 3 aromatic rings. The molecule has 0 unspecified atom stereocenters. The number of fused-ring (bicyclic) bond motifs is 1. The highest BCUT2D eigenvalue weighted by molar-refractivity contribution is 6.18. The lowest BCUT2D eigenvalue weighted by molar-refractivity contribution is -0.128. The van der Waals surface area contributed by atoms with Crippen LogP contribution in [0.5, 0.6) is 0 Å². The molecule has 0 saturated carbocycles. The third-order valence-corrected chi connectivity index (χ3v) is 7.08. The minimum atomic E-state index is 0.0389. The fourth-order valence-corrected chi connectivity index (χ4v) is 4.99. The highest BCUT2D eigenvalue weighted by atomic mass is 16.5. The Kier molecular flexibility index (Phi) is 6.38. The van der Waals surface area contributed by atoms with Crippen molar-refractivity contribution in [3.63, 3.8) is 0 Å². The van der Waals surface area contributed by atoms with Crippen molar-refractivity contribution >= 4 is 22.4 Å². The van der Waals surface area contributed by atoms with Crippen LogP contribution in [0.4, 0.5) is 0 Å². The minimum Gasteiger partial charge on any atom is -0.385 e. The predicted molar refractivity (Wildman–Crippen MR) is 136 cm³/mol. The molecular weight excluding hydrogens is 440 g/mol. The van der Waals surface area contributed by atoms with Crippen molar-refractivity contribution in [2.45, 2.75) is 39.2 Å².